The first-order valence-electron chi connectivity index (χ1n) is 16.9. The maximum Gasteiger partial charge on any atom is 0.422 e. The number of hydrogen-bond donors (Lipinski definition) is 6. The normalized spacial score (nSPS) is 13.2. The summed E-state index contributed by atoms with van der Waals surface area (Å²) < 4.78 is 49.1. The maximum atomic E-state index is 13.0. The Morgan fingerprint density at radius 2 is 1.48 bits per heavy atom. The standard InChI is InChI=1S/C35H34ClF3N12O5/c1-33(2,18-41-27(53)28(54)42-23-11-13-25(14-12-23)56-32-48-50-51-49-32)17-40-26(52)20-3-9-24(10-4-20)43-29-44-30(46-31(45-29)55-19-35(37,38)39)47-34(15-16-34)21-5-7-22(36)8-6-21/h3-14H,15-19H2,1-2H3,(H,40,52)(H,41,53)(H,42,54)(H,48,49,50,51)(H2,43,44,45,46,47). The lowest BCUT2D eigenvalue weighted by atomic mass is 9.93. The maximum absolute atomic E-state index is 13.0. The number of rotatable bonds is 15. The Balaban J connectivity index is 1.00. The second-order valence-corrected chi connectivity index (χ2v) is 13.8. The third-order valence-electron chi connectivity index (χ3n) is 8.19. The highest BCUT2D eigenvalue weighted by molar-refractivity contribution is 6.39. The molecule has 6 N–H and O–H groups in total. The van der Waals surface area contributed by atoms with Crippen molar-refractivity contribution in [3.05, 3.63) is 88.9 Å². The lowest BCUT2D eigenvalue weighted by Crippen LogP contribution is -2.44. The summed E-state index contributed by atoms with van der Waals surface area (Å²) in [5, 5.41) is 27.6. The first kappa shape index (κ1) is 39.1. The predicted octanol–water partition coefficient (Wildman–Crippen LogP) is 5.13. The van der Waals surface area contributed by atoms with Gasteiger partial charge in [-0.25, -0.2) is 0 Å². The minimum Gasteiger partial charge on any atom is -0.454 e. The molecule has 1 aliphatic rings. The van der Waals surface area contributed by atoms with Gasteiger partial charge in [-0.1, -0.05) is 47.8 Å². The van der Waals surface area contributed by atoms with Gasteiger partial charge in [-0.3, -0.25) is 14.4 Å². The number of carbonyl (C=O) groups is 3. The third-order valence-corrected chi connectivity index (χ3v) is 8.44. The molecule has 1 fully saturated rings. The Bertz CT molecular complexity index is 2150. The molecule has 6 rings (SSSR count). The molecule has 292 valence electrons. The summed E-state index contributed by atoms with van der Waals surface area (Å²) in [4.78, 5) is 50.3. The van der Waals surface area contributed by atoms with Crippen molar-refractivity contribution >= 4 is 52.6 Å². The molecule has 1 saturated carbocycles. The van der Waals surface area contributed by atoms with Crippen LogP contribution in [0.15, 0.2) is 72.8 Å². The molecule has 3 aromatic carbocycles. The number of anilines is 4. The lowest BCUT2D eigenvalue weighted by Gasteiger charge is -2.25. The van der Waals surface area contributed by atoms with Gasteiger partial charge in [-0.2, -0.15) is 33.3 Å². The summed E-state index contributed by atoms with van der Waals surface area (Å²) in [7, 11) is 0. The Morgan fingerprint density at radius 3 is 2.12 bits per heavy atom. The van der Waals surface area contributed by atoms with Gasteiger partial charge < -0.3 is 36.1 Å². The van der Waals surface area contributed by atoms with Gasteiger partial charge in [0, 0.05) is 35.1 Å². The highest BCUT2D eigenvalue weighted by Gasteiger charge is 2.45. The number of nitrogens with one attached hydrogen (secondary N) is 6. The van der Waals surface area contributed by atoms with Gasteiger partial charge in [-0.05, 0) is 89.7 Å². The number of alkyl halides is 3. The number of nitrogens with zero attached hydrogens (tertiary/aromatic N) is 6. The fraction of sp³-hybridized carbons (Fsp3) is 0.286. The van der Waals surface area contributed by atoms with E-state index in [1.807, 2.05) is 12.1 Å². The second-order valence-electron chi connectivity index (χ2n) is 13.4. The summed E-state index contributed by atoms with van der Waals surface area (Å²) in [6.45, 7) is 2.21. The smallest absolute Gasteiger partial charge is 0.422 e. The van der Waals surface area contributed by atoms with E-state index < -0.39 is 47.5 Å². The molecule has 21 heteroatoms. The zero-order chi connectivity index (χ0) is 39.9. The van der Waals surface area contributed by atoms with E-state index in [-0.39, 0.29) is 31.0 Å². The third kappa shape index (κ3) is 11.0. The number of ether oxygens (including phenoxy) is 2. The summed E-state index contributed by atoms with van der Waals surface area (Å²) in [6, 6.07) is 19.0. The van der Waals surface area contributed by atoms with Crippen LogP contribution in [0.3, 0.4) is 0 Å². The average Bonchev–Trinajstić information content (AvgIpc) is 3.75. The molecule has 2 heterocycles. The molecule has 5 aromatic rings. The summed E-state index contributed by atoms with van der Waals surface area (Å²) >= 11 is 6.04. The van der Waals surface area contributed by atoms with E-state index in [1.54, 1.807) is 50.2 Å². The number of aromatic amines is 1. The molecule has 0 spiro atoms. The second kappa shape index (κ2) is 16.4. The molecule has 0 bridgehead atoms. The molecule has 0 unspecified atom stereocenters. The van der Waals surface area contributed by atoms with Gasteiger partial charge in [0.1, 0.15) is 5.75 Å². The van der Waals surface area contributed by atoms with Gasteiger partial charge in [-0.15, -0.1) is 0 Å². The van der Waals surface area contributed by atoms with Crippen LogP contribution < -0.4 is 36.1 Å². The number of benzene rings is 3. The molecular weight excluding hydrogens is 761 g/mol. The van der Waals surface area contributed by atoms with Crippen molar-refractivity contribution in [1.29, 1.82) is 0 Å². The number of halogens is 4. The van der Waals surface area contributed by atoms with Crippen LogP contribution in [0, 0.1) is 5.41 Å². The van der Waals surface area contributed by atoms with E-state index in [2.05, 4.69) is 62.2 Å². The van der Waals surface area contributed by atoms with Crippen LogP contribution in [-0.2, 0) is 15.1 Å². The van der Waals surface area contributed by atoms with E-state index in [1.165, 1.54) is 24.3 Å². The first-order chi connectivity index (χ1) is 26.6. The number of aromatic nitrogens is 7. The molecule has 0 aliphatic heterocycles. The molecule has 0 saturated heterocycles. The monoisotopic (exact) mass is 794 g/mol. The first-order valence-corrected chi connectivity index (χ1v) is 17.3. The number of amides is 3. The summed E-state index contributed by atoms with van der Waals surface area (Å²) in [5.41, 5.74) is 0.808. The van der Waals surface area contributed by atoms with Gasteiger partial charge in [0.05, 0.1) is 5.54 Å². The zero-order valence-corrected chi connectivity index (χ0v) is 30.5. The van der Waals surface area contributed by atoms with E-state index in [0.717, 1.165) is 18.4 Å². The van der Waals surface area contributed by atoms with Crippen molar-refractivity contribution in [3.8, 4) is 17.8 Å². The topological polar surface area (TPSA) is 223 Å². The SMILES string of the molecule is CC(C)(CNC(=O)C(=O)Nc1ccc(Oc2nn[nH]n2)cc1)CNC(=O)c1ccc(Nc2nc(NC3(c4ccc(Cl)cc4)CC3)nc(OCC(F)(F)F)n2)cc1. The molecule has 3 amide bonds. The molecule has 0 atom stereocenters. The van der Waals surface area contributed by atoms with Crippen molar-refractivity contribution in [1.82, 2.24) is 46.2 Å². The van der Waals surface area contributed by atoms with Crippen molar-refractivity contribution in [3.63, 3.8) is 0 Å². The van der Waals surface area contributed by atoms with Crippen molar-refractivity contribution in [2.45, 2.75) is 38.4 Å². The Labute approximate surface area is 321 Å². The van der Waals surface area contributed by atoms with Crippen molar-refractivity contribution in [2.24, 2.45) is 5.41 Å². The number of tetrazole rings is 1. The lowest BCUT2D eigenvalue weighted by molar-refractivity contribution is -0.154. The van der Waals surface area contributed by atoms with Crippen LogP contribution in [0.25, 0.3) is 0 Å². The highest BCUT2D eigenvalue weighted by Crippen LogP contribution is 2.48. The fourth-order valence-corrected chi connectivity index (χ4v) is 5.21. The minimum absolute atomic E-state index is 0.00160. The fourth-order valence-electron chi connectivity index (χ4n) is 5.09. The largest absolute Gasteiger partial charge is 0.454 e. The Hall–Kier alpha value is -6.57. The predicted molar refractivity (Wildman–Crippen MR) is 196 cm³/mol. The summed E-state index contributed by atoms with van der Waals surface area (Å²) in [6.07, 6.45) is -3.16. The van der Waals surface area contributed by atoms with Gasteiger partial charge in [0.2, 0.25) is 11.9 Å². The van der Waals surface area contributed by atoms with E-state index >= 15 is 0 Å². The zero-order valence-electron chi connectivity index (χ0n) is 29.7. The van der Waals surface area contributed by atoms with E-state index in [9.17, 15) is 27.6 Å². The van der Waals surface area contributed by atoms with E-state index in [4.69, 9.17) is 21.1 Å². The van der Waals surface area contributed by atoms with Gasteiger partial charge in [0.25, 0.3) is 5.91 Å². The average molecular weight is 795 g/mol. The molecular formula is C35H34ClF3N12O5. The van der Waals surface area contributed by atoms with Crippen LogP contribution in [0.4, 0.5) is 36.4 Å². The van der Waals surface area contributed by atoms with Crippen LogP contribution in [0.5, 0.6) is 17.8 Å². The minimum atomic E-state index is -4.62. The van der Waals surface area contributed by atoms with Gasteiger partial charge >= 0.3 is 30.0 Å². The number of hydrogen-bond acceptors (Lipinski definition) is 13. The Kier molecular flexibility index (Phi) is 11.5. The van der Waals surface area contributed by atoms with Gasteiger partial charge in [0.15, 0.2) is 6.61 Å². The highest BCUT2D eigenvalue weighted by atomic mass is 35.5. The van der Waals surface area contributed by atoms with E-state index in [0.29, 0.717) is 27.7 Å². The number of carbonyl (C=O) groups excluding carboxylic acids is 3. The molecule has 0 radical (unpaired) electrons. The molecule has 2 aromatic heterocycles. The molecule has 56 heavy (non-hydrogen) atoms. The van der Waals surface area contributed by atoms with Crippen LogP contribution >= 0.6 is 11.6 Å². The van der Waals surface area contributed by atoms with Crippen molar-refractivity contribution in [2.75, 3.05) is 35.6 Å². The Morgan fingerprint density at radius 1 is 0.821 bits per heavy atom. The van der Waals surface area contributed by atoms with Crippen LogP contribution in [0.1, 0.15) is 42.6 Å². The number of H-pyrrole nitrogens is 1. The summed E-state index contributed by atoms with van der Waals surface area (Å²) in [5.74, 6) is -1.86. The quantitative estimate of drug-likeness (QED) is 0.0758. The van der Waals surface area contributed by atoms with Crippen molar-refractivity contribution < 1.29 is 37.0 Å². The van der Waals surface area contributed by atoms with Crippen LogP contribution in [-0.4, -0.2) is 79.2 Å². The molecule has 1 aliphatic carbocycles. The van der Waals surface area contributed by atoms with Crippen LogP contribution in [0.2, 0.25) is 5.02 Å². The molecule has 17 nitrogen and oxygen atoms in total.